The van der Waals surface area contributed by atoms with Crippen LogP contribution in [0.3, 0.4) is 0 Å². The van der Waals surface area contributed by atoms with Gasteiger partial charge in [-0.05, 0) is 35.9 Å². The number of hydrogen-bond acceptors (Lipinski definition) is 4. The molecule has 0 unspecified atom stereocenters. The number of benzene rings is 1. The van der Waals surface area contributed by atoms with E-state index in [0.717, 1.165) is 55.4 Å². The lowest BCUT2D eigenvalue weighted by Gasteiger charge is -2.26. The van der Waals surface area contributed by atoms with Crippen molar-refractivity contribution in [1.82, 2.24) is 9.47 Å². The van der Waals surface area contributed by atoms with E-state index in [-0.39, 0.29) is 12.5 Å². The van der Waals surface area contributed by atoms with Crippen LogP contribution in [0.5, 0.6) is 0 Å². The van der Waals surface area contributed by atoms with E-state index in [1.54, 1.807) is 0 Å². The Morgan fingerprint density at radius 3 is 2.81 bits per heavy atom. The number of hydrogen-bond donors (Lipinski definition) is 2. The van der Waals surface area contributed by atoms with E-state index >= 15 is 0 Å². The number of morpholine rings is 1. The third-order valence-electron chi connectivity index (χ3n) is 5.10. The van der Waals surface area contributed by atoms with Crippen molar-refractivity contribution in [2.24, 2.45) is 7.05 Å². The van der Waals surface area contributed by atoms with Crippen molar-refractivity contribution in [1.29, 1.82) is 0 Å². The Hall–Kier alpha value is -2.41. The Labute approximate surface area is 152 Å². The summed E-state index contributed by atoms with van der Waals surface area (Å²) in [7, 11) is 2.03. The Balaban J connectivity index is 1.62. The van der Waals surface area contributed by atoms with Crippen molar-refractivity contribution < 1.29 is 14.6 Å². The second kappa shape index (κ2) is 7.07. The fourth-order valence-corrected chi connectivity index (χ4v) is 3.49. The van der Waals surface area contributed by atoms with Gasteiger partial charge in [0.05, 0.1) is 25.4 Å². The standard InChI is InChI=1S/C20H23N3O3/c1-22-15(3-4-16(22)12-23-6-8-26-9-7-23)11-18-17-10-14(13-24)2-5-19(17)21-20(18)25/h2-5,10-11,24H,6-9,12-13H2,1H3,(H,21,25). The molecule has 0 radical (unpaired) electrons. The van der Waals surface area contributed by atoms with Gasteiger partial charge in [-0.2, -0.15) is 0 Å². The van der Waals surface area contributed by atoms with Crippen LogP contribution in [0.1, 0.15) is 22.5 Å². The summed E-state index contributed by atoms with van der Waals surface area (Å²) in [5.41, 5.74) is 5.27. The molecule has 26 heavy (non-hydrogen) atoms. The topological polar surface area (TPSA) is 66.7 Å². The zero-order valence-corrected chi connectivity index (χ0v) is 14.9. The van der Waals surface area contributed by atoms with E-state index in [0.29, 0.717) is 5.57 Å². The molecule has 0 saturated carbocycles. The van der Waals surface area contributed by atoms with Crippen molar-refractivity contribution in [3.63, 3.8) is 0 Å². The zero-order valence-electron chi connectivity index (χ0n) is 14.9. The minimum atomic E-state index is -0.106. The predicted octanol–water partition coefficient (Wildman–Crippen LogP) is 1.84. The summed E-state index contributed by atoms with van der Waals surface area (Å²) in [6, 6.07) is 9.69. The number of aliphatic hydroxyl groups is 1. The third kappa shape index (κ3) is 3.19. The highest BCUT2D eigenvalue weighted by molar-refractivity contribution is 6.34. The molecule has 0 atom stereocenters. The lowest BCUT2D eigenvalue weighted by atomic mass is 10.0. The summed E-state index contributed by atoms with van der Waals surface area (Å²) in [4.78, 5) is 14.8. The molecular formula is C20H23N3O3. The number of anilines is 1. The minimum absolute atomic E-state index is 0.0391. The molecule has 1 fully saturated rings. The highest BCUT2D eigenvalue weighted by Crippen LogP contribution is 2.34. The highest BCUT2D eigenvalue weighted by Gasteiger charge is 2.24. The molecule has 1 aromatic heterocycles. The summed E-state index contributed by atoms with van der Waals surface area (Å²) < 4.78 is 7.53. The first-order valence-corrected chi connectivity index (χ1v) is 8.87. The fraction of sp³-hybridized carbons (Fsp3) is 0.350. The molecule has 2 aliphatic rings. The van der Waals surface area contributed by atoms with Crippen LogP contribution in [0.2, 0.25) is 0 Å². The SMILES string of the molecule is Cn1c(C=C2C(=O)Nc3ccc(CO)cc32)ccc1CN1CCOCC1. The van der Waals surface area contributed by atoms with E-state index in [2.05, 4.69) is 20.9 Å². The van der Waals surface area contributed by atoms with E-state index < -0.39 is 0 Å². The van der Waals surface area contributed by atoms with Crippen molar-refractivity contribution in [2.75, 3.05) is 31.6 Å². The third-order valence-corrected chi connectivity index (χ3v) is 5.10. The van der Waals surface area contributed by atoms with Gasteiger partial charge < -0.3 is 19.7 Å². The number of amides is 1. The molecular weight excluding hydrogens is 330 g/mol. The average Bonchev–Trinajstić information content (AvgIpc) is 3.16. The highest BCUT2D eigenvalue weighted by atomic mass is 16.5. The summed E-state index contributed by atoms with van der Waals surface area (Å²) in [6.07, 6.45) is 1.92. The van der Waals surface area contributed by atoms with Gasteiger partial charge in [0.1, 0.15) is 0 Å². The zero-order chi connectivity index (χ0) is 18.1. The maximum absolute atomic E-state index is 12.4. The second-order valence-electron chi connectivity index (χ2n) is 6.75. The van der Waals surface area contributed by atoms with Crippen LogP contribution in [-0.2, 0) is 29.7 Å². The van der Waals surface area contributed by atoms with Crippen LogP contribution >= 0.6 is 0 Å². The van der Waals surface area contributed by atoms with E-state index in [9.17, 15) is 9.90 Å². The Bertz CT molecular complexity index is 863. The maximum atomic E-state index is 12.4. The molecule has 6 nitrogen and oxygen atoms in total. The average molecular weight is 353 g/mol. The Morgan fingerprint density at radius 2 is 2.04 bits per heavy atom. The second-order valence-corrected chi connectivity index (χ2v) is 6.75. The van der Waals surface area contributed by atoms with Gasteiger partial charge in [0.15, 0.2) is 0 Å². The van der Waals surface area contributed by atoms with Crippen molar-refractivity contribution >= 4 is 23.2 Å². The first kappa shape index (κ1) is 17.0. The quantitative estimate of drug-likeness (QED) is 0.823. The largest absolute Gasteiger partial charge is 0.392 e. The number of aliphatic hydroxyl groups excluding tert-OH is 1. The molecule has 4 rings (SSSR count). The number of fused-ring (bicyclic) bond motifs is 1. The lowest BCUT2D eigenvalue weighted by molar-refractivity contribution is -0.110. The number of nitrogens with one attached hydrogen (secondary N) is 1. The number of aromatic nitrogens is 1. The van der Waals surface area contributed by atoms with Gasteiger partial charge in [-0.1, -0.05) is 6.07 Å². The van der Waals surface area contributed by atoms with Gasteiger partial charge in [-0.25, -0.2) is 0 Å². The number of rotatable bonds is 4. The summed E-state index contributed by atoms with van der Waals surface area (Å²) in [5, 5.41) is 12.3. The van der Waals surface area contributed by atoms with Gasteiger partial charge in [0, 0.05) is 49.3 Å². The monoisotopic (exact) mass is 353 g/mol. The molecule has 2 aromatic rings. The molecule has 0 aliphatic carbocycles. The molecule has 1 amide bonds. The van der Waals surface area contributed by atoms with Gasteiger partial charge in [0.2, 0.25) is 0 Å². The summed E-state index contributed by atoms with van der Waals surface area (Å²) >= 11 is 0. The van der Waals surface area contributed by atoms with E-state index in [1.165, 1.54) is 5.69 Å². The van der Waals surface area contributed by atoms with Crippen molar-refractivity contribution in [3.8, 4) is 0 Å². The first-order valence-electron chi connectivity index (χ1n) is 8.87. The molecule has 2 aliphatic heterocycles. The van der Waals surface area contributed by atoms with Crippen LogP contribution in [-0.4, -0.2) is 46.8 Å². The summed E-state index contributed by atoms with van der Waals surface area (Å²) in [6.45, 7) is 4.29. The molecule has 6 heteroatoms. The lowest BCUT2D eigenvalue weighted by Crippen LogP contribution is -2.36. The van der Waals surface area contributed by atoms with E-state index in [1.807, 2.05) is 37.4 Å². The number of carbonyl (C=O) groups is 1. The van der Waals surface area contributed by atoms with E-state index in [4.69, 9.17) is 4.74 Å². The number of nitrogens with zero attached hydrogens (tertiary/aromatic N) is 2. The van der Waals surface area contributed by atoms with Crippen LogP contribution in [0.15, 0.2) is 30.3 Å². The molecule has 2 N–H and O–H groups in total. The van der Waals surface area contributed by atoms with Crippen molar-refractivity contribution in [3.05, 3.63) is 52.8 Å². The van der Waals surface area contributed by atoms with Gasteiger partial charge >= 0.3 is 0 Å². The minimum Gasteiger partial charge on any atom is -0.392 e. The maximum Gasteiger partial charge on any atom is 0.256 e. The van der Waals surface area contributed by atoms with Gasteiger partial charge in [-0.15, -0.1) is 0 Å². The molecule has 0 bridgehead atoms. The molecule has 3 heterocycles. The van der Waals surface area contributed by atoms with Crippen LogP contribution in [0.4, 0.5) is 5.69 Å². The number of carbonyl (C=O) groups excluding carboxylic acids is 1. The molecule has 136 valence electrons. The van der Waals surface area contributed by atoms with Gasteiger partial charge in [0.25, 0.3) is 5.91 Å². The first-order chi connectivity index (χ1) is 12.7. The van der Waals surface area contributed by atoms with Gasteiger partial charge in [-0.3, -0.25) is 9.69 Å². The van der Waals surface area contributed by atoms with Crippen LogP contribution in [0.25, 0.3) is 11.6 Å². The predicted molar refractivity (Wildman–Crippen MR) is 100 cm³/mol. The Morgan fingerprint density at radius 1 is 1.23 bits per heavy atom. The van der Waals surface area contributed by atoms with Crippen LogP contribution in [0, 0.1) is 0 Å². The summed E-state index contributed by atoms with van der Waals surface area (Å²) in [5.74, 6) is -0.106. The smallest absolute Gasteiger partial charge is 0.256 e. The van der Waals surface area contributed by atoms with Crippen molar-refractivity contribution in [2.45, 2.75) is 13.2 Å². The Kier molecular flexibility index (Phi) is 4.63. The van der Waals surface area contributed by atoms with Crippen LogP contribution < -0.4 is 5.32 Å². The molecule has 0 spiro atoms. The molecule has 1 saturated heterocycles. The number of ether oxygens (including phenoxy) is 1. The fourth-order valence-electron chi connectivity index (χ4n) is 3.49. The molecule has 1 aromatic carbocycles. The normalized spacial score (nSPS) is 19.0.